The zero-order valence-electron chi connectivity index (χ0n) is 13.3. The summed E-state index contributed by atoms with van der Waals surface area (Å²) in [5.74, 6) is -0.117. The summed E-state index contributed by atoms with van der Waals surface area (Å²) in [6, 6.07) is 0. The first-order chi connectivity index (χ1) is 10.9. The third kappa shape index (κ3) is 3.44. The number of aromatic amines is 1. The van der Waals surface area contributed by atoms with E-state index in [2.05, 4.69) is 14.9 Å². The van der Waals surface area contributed by atoms with Crippen LogP contribution in [0.2, 0.25) is 0 Å². The molecule has 3 heterocycles. The van der Waals surface area contributed by atoms with Crippen LogP contribution in [0.25, 0.3) is 10.2 Å². The van der Waals surface area contributed by atoms with Crippen molar-refractivity contribution in [3.63, 3.8) is 0 Å². The largest absolute Gasteiger partial charge is 0.480 e. The summed E-state index contributed by atoms with van der Waals surface area (Å²) in [7, 11) is 0. The van der Waals surface area contributed by atoms with Crippen LogP contribution in [0.15, 0.2) is 4.79 Å². The topological polar surface area (TPSA) is 89.5 Å². The van der Waals surface area contributed by atoms with Crippen LogP contribution in [-0.4, -0.2) is 63.6 Å². The van der Waals surface area contributed by atoms with Crippen molar-refractivity contribution in [2.24, 2.45) is 0 Å². The molecule has 0 spiro atoms. The highest BCUT2D eigenvalue weighted by Crippen LogP contribution is 2.25. The Hall–Kier alpha value is -1.77. The second kappa shape index (κ2) is 6.38. The van der Waals surface area contributed by atoms with Gasteiger partial charge in [0.25, 0.3) is 5.56 Å². The molecule has 0 atom stereocenters. The van der Waals surface area contributed by atoms with Gasteiger partial charge in [0.15, 0.2) is 0 Å². The minimum Gasteiger partial charge on any atom is -0.480 e. The molecular formula is C15H20N4O3S. The molecule has 23 heavy (non-hydrogen) atoms. The van der Waals surface area contributed by atoms with Crippen LogP contribution in [-0.2, 0) is 11.3 Å². The van der Waals surface area contributed by atoms with E-state index in [0.29, 0.717) is 17.8 Å². The third-order valence-electron chi connectivity index (χ3n) is 4.29. The standard InChI is InChI=1S/C15H20N4O3S/c1-9-10(2)23-15-13(9)14(22)16-11(17-15)7-18-3-5-19(6-4-18)8-12(20)21/h3-8H2,1-2H3,(H,20,21)(H,16,17,22). The van der Waals surface area contributed by atoms with Crippen LogP contribution in [0.3, 0.4) is 0 Å². The summed E-state index contributed by atoms with van der Waals surface area (Å²) < 4.78 is 0. The molecule has 0 radical (unpaired) electrons. The number of piperazine rings is 1. The van der Waals surface area contributed by atoms with E-state index >= 15 is 0 Å². The molecule has 0 unspecified atom stereocenters. The maximum absolute atomic E-state index is 12.3. The van der Waals surface area contributed by atoms with Gasteiger partial charge in [0.1, 0.15) is 10.7 Å². The second-order valence-electron chi connectivity index (χ2n) is 5.92. The Labute approximate surface area is 137 Å². The number of rotatable bonds is 4. The fraction of sp³-hybridized carbons (Fsp3) is 0.533. The molecule has 8 heteroatoms. The van der Waals surface area contributed by atoms with E-state index in [1.165, 1.54) is 0 Å². The predicted octanol–water partition coefficient (Wildman–Crippen LogP) is 0.804. The number of aromatic nitrogens is 2. The molecule has 0 bridgehead atoms. The fourth-order valence-corrected chi connectivity index (χ4v) is 3.93. The van der Waals surface area contributed by atoms with Gasteiger partial charge in [0.2, 0.25) is 0 Å². The lowest BCUT2D eigenvalue weighted by Crippen LogP contribution is -2.47. The number of thiophene rings is 1. The molecular weight excluding hydrogens is 316 g/mol. The second-order valence-corrected chi connectivity index (χ2v) is 7.13. The molecule has 7 nitrogen and oxygen atoms in total. The zero-order chi connectivity index (χ0) is 16.6. The third-order valence-corrected chi connectivity index (χ3v) is 5.39. The number of aryl methyl sites for hydroxylation is 2. The lowest BCUT2D eigenvalue weighted by Gasteiger charge is -2.33. The summed E-state index contributed by atoms with van der Waals surface area (Å²) in [5.41, 5.74) is 0.934. The molecule has 0 saturated carbocycles. The van der Waals surface area contributed by atoms with E-state index in [-0.39, 0.29) is 12.1 Å². The first-order valence-corrected chi connectivity index (χ1v) is 8.41. The number of hydrogen-bond acceptors (Lipinski definition) is 6. The van der Waals surface area contributed by atoms with E-state index < -0.39 is 5.97 Å². The number of carboxylic acids is 1. The van der Waals surface area contributed by atoms with Gasteiger partial charge in [-0.3, -0.25) is 19.4 Å². The van der Waals surface area contributed by atoms with Gasteiger partial charge in [-0.25, -0.2) is 4.98 Å². The molecule has 1 saturated heterocycles. The molecule has 0 amide bonds. The number of aliphatic carboxylic acids is 1. The average Bonchev–Trinajstić information content (AvgIpc) is 2.76. The van der Waals surface area contributed by atoms with E-state index in [1.807, 2.05) is 18.7 Å². The fourth-order valence-electron chi connectivity index (χ4n) is 2.88. The smallest absolute Gasteiger partial charge is 0.317 e. The normalized spacial score (nSPS) is 17.0. The minimum absolute atomic E-state index is 0.0728. The highest BCUT2D eigenvalue weighted by Gasteiger charge is 2.20. The van der Waals surface area contributed by atoms with Crippen LogP contribution in [0.5, 0.6) is 0 Å². The number of hydrogen-bond donors (Lipinski definition) is 2. The first-order valence-electron chi connectivity index (χ1n) is 7.59. The lowest BCUT2D eigenvalue weighted by molar-refractivity contribution is -0.138. The van der Waals surface area contributed by atoms with Crippen LogP contribution in [0, 0.1) is 13.8 Å². The summed E-state index contributed by atoms with van der Waals surface area (Å²) in [5, 5.41) is 9.52. The van der Waals surface area contributed by atoms with E-state index in [4.69, 9.17) is 5.11 Å². The molecule has 2 N–H and O–H groups in total. The van der Waals surface area contributed by atoms with Crippen molar-refractivity contribution in [3.05, 3.63) is 26.6 Å². The monoisotopic (exact) mass is 336 g/mol. The number of fused-ring (bicyclic) bond motifs is 1. The maximum Gasteiger partial charge on any atom is 0.317 e. The number of nitrogens with one attached hydrogen (secondary N) is 1. The van der Waals surface area contributed by atoms with Crippen molar-refractivity contribution in [2.75, 3.05) is 32.7 Å². The highest BCUT2D eigenvalue weighted by atomic mass is 32.1. The number of H-pyrrole nitrogens is 1. The van der Waals surface area contributed by atoms with Gasteiger partial charge in [0.05, 0.1) is 18.5 Å². The van der Waals surface area contributed by atoms with E-state index in [0.717, 1.165) is 41.5 Å². The molecule has 0 aromatic carbocycles. The van der Waals surface area contributed by atoms with Gasteiger partial charge in [0, 0.05) is 31.1 Å². The Bertz CT molecular complexity index is 790. The average molecular weight is 336 g/mol. The van der Waals surface area contributed by atoms with Gasteiger partial charge in [-0.05, 0) is 19.4 Å². The minimum atomic E-state index is -0.793. The Morgan fingerprint density at radius 2 is 1.91 bits per heavy atom. The Morgan fingerprint density at radius 1 is 1.26 bits per heavy atom. The van der Waals surface area contributed by atoms with Crippen LogP contribution >= 0.6 is 11.3 Å². The van der Waals surface area contributed by atoms with Crippen LogP contribution < -0.4 is 5.56 Å². The predicted molar refractivity (Wildman–Crippen MR) is 89.1 cm³/mol. The van der Waals surface area contributed by atoms with Gasteiger partial charge in [-0.2, -0.15) is 0 Å². The summed E-state index contributed by atoms with van der Waals surface area (Å²) in [6.45, 7) is 7.61. The molecule has 3 rings (SSSR count). The van der Waals surface area contributed by atoms with Gasteiger partial charge < -0.3 is 10.1 Å². The number of carboxylic acid groups (broad SMARTS) is 1. The molecule has 0 aliphatic carbocycles. The molecule has 2 aromatic heterocycles. The van der Waals surface area contributed by atoms with E-state index in [1.54, 1.807) is 11.3 Å². The van der Waals surface area contributed by atoms with Crippen LogP contribution in [0.1, 0.15) is 16.3 Å². The van der Waals surface area contributed by atoms with Crippen molar-refractivity contribution < 1.29 is 9.90 Å². The molecule has 124 valence electrons. The maximum atomic E-state index is 12.3. The van der Waals surface area contributed by atoms with Crippen molar-refractivity contribution in [2.45, 2.75) is 20.4 Å². The van der Waals surface area contributed by atoms with E-state index in [9.17, 15) is 9.59 Å². The Morgan fingerprint density at radius 3 is 2.57 bits per heavy atom. The number of nitrogens with zero attached hydrogens (tertiary/aromatic N) is 3. The molecule has 2 aromatic rings. The lowest BCUT2D eigenvalue weighted by atomic mass is 10.2. The summed E-state index contributed by atoms with van der Waals surface area (Å²) >= 11 is 1.55. The van der Waals surface area contributed by atoms with Crippen molar-refractivity contribution >= 4 is 27.5 Å². The van der Waals surface area contributed by atoms with Gasteiger partial charge in [-0.1, -0.05) is 0 Å². The SMILES string of the molecule is Cc1sc2nc(CN3CCN(CC(=O)O)CC3)[nH]c(=O)c2c1C. The first kappa shape index (κ1) is 16.1. The number of carbonyl (C=O) groups is 1. The quantitative estimate of drug-likeness (QED) is 0.859. The highest BCUT2D eigenvalue weighted by molar-refractivity contribution is 7.18. The van der Waals surface area contributed by atoms with Crippen molar-refractivity contribution in [1.29, 1.82) is 0 Å². The Balaban J connectivity index is 1.71. The van der Waals surface area contributed by atoms with Crippen molar-refractivity contribution in [1.82, 2.24) is 19.8 Å². The van der Waals surface area contributed by atoms with Gasteiger partial charge >= 0.3 is 5.97 Å². The molecule has 1 fully saturated rings. The summed E-state index contributed by atoms with van der Waals surface area (Å²) in [6.07, 6.45) is 0. The molecule has 1 aliphatic rings. The van der Waals surface area contributed by atoms with Crippen molar-refractivity contribution in [3.8, 4) is 0 Å². The summed E-state index contributed by atoms with van der Waals surface area (Å²) in [4.78, 5) is 36.5. The zero-order valence-corrected chi connectivity index (χ0v) is 14.1. The van der Waals surface area contributed by atoms with Gasteiger partial charge in [-0.15, -0.1) is 11.3 Å². The molecule has 1 aliphatic heterocycles. The van der Waals surface area contributed by atoms with Crippen LogP contribution in [0.4, 0.5) is 0 Å². The Kier molecular flexibility index (Phi) is 4.47.